The van der Waals surface area contributed by atoms with Crippen LogP contribution in [-0.4, -0.2) is 46.6 Å². The van der Waals surface area contributed by atoms with Gasteiger partial charge in [-0.15, -0.1) is 0 Å². The van der Waals surface area contributed by atoms with Crippen molar-refractivity contribution in [3.63, 3.8) is 0 Å². The lowest BCUT2D eigenvalue weighted by Crippen LogP contribution is -2.37. The number of halogens is 1. The van der Waals surface area contributed by atoms with Gasteiger partial charge in [-0.05, 0) is 80.9 Å². The third-order valence-corrected chi connectivity index (χ3v) is 6.01. The molecule has 8 nitrogen and oxygen atoms in total. The molecule has 0 aliphatic carbocycles. The first kappa shape index (κ1) is 24.5. The largest absolute Gasteiger partial charge is 0.462 e. The fraction of sp³-hybridized carbons (Fsp3) is 0.385. The Morgan fingerprint density at radius 1 is 1.11 bits per heavy atom. The van der Waals surface area contributed by atoms with Crippen LogP contribution in [0, 0.1) is 11.7 Å². The number of nitrogens with one attached hydrogen (secondary N) is 1. The van der Waals surface area contributed by atoms with E-state index < -0.39 is 0 Å². The summed E-state index contributed by atoms with van der Waals surface area (Å²) in [6, 6.07) is 12.7. The average Bonchev–Trinajstić information content (AvgIpc) is 3.34. The lowest BCUT2D eigenvalue weighted by Gasteiger charge is -2.30. The number of anilines is 1. The molecule has 2 heterocycles. The van der Waals surface area contributed by atoms with Gasteiger partial charge in [0.2, 0.25) is 17.6 Å². The Balaban J connectivity index is 1.22. The van der Waals surface area contributed by atoms with Gasteiger partial charge < -0.3 is 14.6 Å². The van der Waals surface area contributed by atoms with Crippen molar-refractivity contribution in [2.75, 3.05) is 25.0 Å². The van der Waals surface area contributed by atoms with Crippen LogP contribution in [0.2, 0.25) is 0 Å². The summed E-state index contributed by atoms with van der Waals surface area (Å²) in [6.45, 7) is 4.41. The number of hydrogen-bond acceptors (Lipinski definition) is 7. The Bertz CT molecular complexity index is 1120. The molecule has 184 valence electrons. The van der Waals surface area contributed by atoms with E-state index in [0.29, 0.717) is 54.5 Å². The topological polar surface area (TPSA) is 97.6 Å². The Labute approximate surface area is 203 Å². The van der Waals surface area contributed by atoms with Crippen LogP contribution in [0.15, 0.2) is 53.1 Å². The smallest absolute Gasteiger partial charge is 0.338 e. The fourth-order valence-corrected chi connectivity index (χ4v) is 3.91. The molecule has 0 unspecified atom stereocenters. The molecular weight excluding hydrogens is 451 g/mol. The van der Waals surface area contributed by atoms with Gasteiger partial charge in [0.1, 0.15) is 5.82 Å². The summed E-state index contributed by atoms with van der Waals surface area (Å²) in [6.07, 6.45) is 3.23. The van der Waals surface area contributed by atoms with Crippen molar-refractivity contribution in [2.24, 2.45) is 5.92 Å². The molecule has 0 saturated carbocycles. The molecule has 1 aromatic heterocycles. The van der Waals surface area contributed by atoms with E-state index in [1.165, 1.54) is 12.1 Å². The third-order valence-electron chi connectivity index (χ3n) is 6.01. The van der Waals surface area contributed by atoms with Gasteiger partial charge in [-0.1, -0.05) is 18.5 Å². The minimum Gasteiger partial charge on any atom is -0.462 e. The molecule has 9 heteroatoms. The average molecular weight is 481 g/mol. The van der Waals surface area contributed by atoms with Crippen molar-refractivity contribution >= 4 is 17.6 Å². The summed E-state index contributed by atoms with van der Waals surface area (Å²) < 4.78 is 23.7. The van der Waals surface area contributed by atoms with Gasteiger partial charge in [0.05, 0.1) is 18.7 Å². The van der Waals surface area contributed by atoms with E-state index in [1.54, 1.807) is 36.4 Å². The highest BCUT2D eigenvalue weighted by Crippen LogP contribution is 2.22. The molecule has 0 spiro atoms. The number of likely N-dealkylation sites (tertiary alicyclic amines) is 1. The van der Waals surface area contributed by atoms with E-state index in [1.807, 2.05) is 6.92 Å². The number of esters is 1. The molecule has 0 atom stereocenters. The standard InChI is InChI=1S/C26H29FN4O4/c1-2-3-16-34-26(33)20-6-10-22(11-7-20)28-25(32)19-12-14-31(15-13-19)17-23-29-24(30-35-23)18-4-8-21(27)9-5-18/h4-11,19H,2-3,12-17H2,1H3,(H,28,32). The normalized spacial score (nSPS) is 14.6. The number of nitrogens with zero attached hydrogens (tertiary/aromatic N) is 3. The molecule has 0 radical (unpaired) electrons. The first-order chi connectivity index (χ1) is 17.0. The van der Waals surface area contributed by atoms with E-state index in [4.69, 9.17) is 9.26 Å². The van der Waals surface area contributed by atoms with Crippen LogP contribution in [0.3, 0.4) is 0 Å². The van der Waals surface area contributed by atoms with Crippen molar-refractivity contribution in [3.05, 3.63) is 65.8 Å². The Hall–Kier alpha value is -3.59. The Morgan fingerprint density at radius 2 is 1.83 bits per heavy atom. The lowest BCUT2D eigenvalue weighted by atomic mass is 9.96. The van der Waals surface area contributed by atoms with Crippen molar-refractivity contribution < 1.29 is 23.2 Å². The van der Waals surface area contributed by atoms with E-state index in [-0.39, 0.29) is 23.6 Å². The summed E-state index contributed by atoms with van der Waals surface area (Å²) in [5.41, 5.74) is 1.82. The molecule has 1 N–H and O–H groups in total. The number of carbonyl (C=O) groups is 2. The van der Waals surface area contributed by atoms with Gasteiger partial charge in [-0.2, -0.15) is 4.98 Å². The van der Waals surface area contributed by atoms with Gasteiger partial charge in [0.15, 0.2) is 0 Å². The van der Waals surface area contributed by atoms with Gasteiger partial charge in [0.25, 0.3) is 0 Å². The van der Waals surface area contributed by atoms with Gasteiger partial charge in [0, 0.05) is 17.2 Å². The Morgan fingerprint density at radius 3 is 2.51 bits per heavy atom. The van der Waals surface area contributed by atoms with E-state index in [2.05, 4.69) is 20.4 Å². The fourth-order valence-electron chi connectivity index (χ4n) is 3.91. The maximum atomic E-state index is 13.1. The van der Waals surface area contributed by atoms with Gasteiger partial charge >= 0.3 is 5.97 Å². The zero-order valence-corrected chi connectivity index (χ0v) is 19.7. The number of ether oxygens (including phenoxy) is 1. The molecule has 1 amide bonds. The molecular formula is C26H29FN4O4. The molecule has 0 bridgehead atoms. The zero-order chi connectivity index (χ0) is 24.6. The van der Waals surface area contributed by atoms with Crippen LogP contribution in [0.1, 0.15) is 48.9 Å². The molecule has 1 aliphatic rings. The molecule has 2 aromatic carbocycles. The summed E-state index contributed by atoms with van der Waals surface area (Å²) in [5, 5.41) is 6.92. The van der Waals surface area contributed by atoms with Crippen molar-refractivity contribution in [3.8, 4) is 11.4 Å². The van der Waals surface area contributed by atoms with Crippen LogP contribution >= 0.6 is 0 Å². The number of benzene rings is 2. The maximum Gasteiger partial charge on any atom is 0.338 e. The predicted molar refractivity (Wildman–Crippen MR) is 128 cm³/mol. The van der Waals surface area contributed by atoms with Crippen LogP contribution in [0.5, 0.6) is 0 Å². The molecule has 4 rings (SSSR count). The van der Waals surface area contributed by atoms with Crippen molar-refractivity contribution in [2.45, 2.75) is 39.2 Å². The summed E-state index contributed by atoms with van der Waals surface area (Å²) >= 11 is 0. The number of carbonyl (C=O) groups excluding carboxylic acids is 2. The monoisotopic (exact) mass is 480 g/mol. The second-order valence-corrected chi connectivity index (χ2v) is 8.63. The highest BCUT2D eigenvalue weighted by atomic mass is 19.1. The highest BCUT2D eigenvalue weighted by molar-refractivity contribution is 5.94. The highest BCUT2D eigenvalue weighted by Gasteiger charge is 2.26. The van der Waals surface area contributed by atoms with Crippen LogP contribution in [-0.2, 0) is 16.1 Å². The SMILES string of the molecule is CCCCOC(=O)c1ccc(NC(=O)C2CCN(Cc3nc(-c4ccc(F)cc4)no3)CC2)cc1. The third kappa shape index (κ3) is 6.73. The number of aromatic nitrogens is 2. The van der Waals surface area contributed by atoms with Gasteiger partial charge in [-0.25, -0.2) is 9.18 Å². The van der Waals surface area contributed by atoms with E-state index in [0.717, 1.165) is 25.9 Å². The number of unbranched alkanes of at least 4 members (excludes halogenated alkanes) is 1. The summed E-state index contributed by atoms with van der Waals surface area (Å²) in [5.74, 6) is 0.121. The summed E-state index contributed by atoms with van der Waals surface area (Å²) in [4.78, 5) is 31.3. The maximum absolute atomic E-state index is 13.1. The second kappa shape index (κ2) is 11.7. The van der Waals surface area contributed by atoms with E-state index >= 15 is 0 Å². The minimum absolute atomic E-state index is 0.0284. The first-order valence-corrected chi connectivity index (χ1v) is 11.9. The number of amides is 1. The predicted octanol–water partition coefficient (Wildman–Crippen LogP) is 4.68. The van der Waals surface area contributed by atoms with Crippen LogP contribution in [0.25, 0.3) is 11.4 Å². The minimum atomic E-state index is -0.352. The molecule has 35 heavy (non-hydrogen) atoms. The van der Waals surface area contributed by atoms with E-state index in [9.17, 15) is 14.0 Å². The second-order valence-electron chi connectivity index (χ2n) is 8.63. The molecule has 1 fully saturated rings. The first-order valence-electron chi connectivity index (χ1n) is 11.9. The zero-order valence-electron chi connectivity index (χ0n) is 19.7. The number of piperidine rings is 1. The van der Waals surface area contributed by atoms with Crippen molar-refractivity contribution in [1.82, 2.24) is 15.0 Å². The molecule has 1 saturated heterocycles. The molecule has 3 aromatic rings. The summed E-state index contributed by atoms with van der Waals surface area (Å²) in [7, 11) is 0. The number of hydrogen-bond donors (Lipinski definition) is 1. The lowest BCUT2D eigenvalue weighted by molar-refractivity contribution is -0.121. The quantitative estimate of drug-likeness (QED) is 0.351. The van der Waals surface area contributed by atoms with Crippen molar-refractivity contribution in [1.29, 1.82) is 0 Å². The van der Waals surface area contributed by atoms with Gasteiger partial charge in [-0.3, -0.25) is 9.69 Å². The molecule has 1 aliphatic heterocycles. The number of rotatable bonds is 9. The van der Waals surface area contributed by atoms with Crippen LogP contribution < -0.4 is 5.32 Å². The van der Waals surface area contributed by atoms with Crippen LogP contribution in [0.4, 0.5) is 10.1 Å². The Kier molecular flexibility index (Phi) is 8.20.